The number of nitrogens with zero attached hydrogens (tertiary/aromatic N) is 2. The van der Waals surface area contributed by atoms with Crippen LogP contribution in [0.5, 0.6) is 0 Å². The van der Waals surface area contributed by atoms with Crippen LogP contribution in [0.3, 0.4) is 0 Å². The van der Waals surface area contributed by atoms with E-state index >= 15 is 0 Å². The Morgan fingerprint density at radius 1 is 1.00 bits per heavy atom. The van der Waals surface area contributed by atoms with Crippen molar-refractivity contribution in [3.8, 4) is 5.69 Å². The van der Waals surface area contributed by atoms with Gasteiger partial charge in [-0.2, -0.15) is 0 Å². The highest BCUT2D eigenvalue weighted by atomic mass is 79.9. The second-order valence-corrected chi connectivity index (χ2v) is 5.43. The highest BCUT2D eigenvalue weighted by Gasteiger charge is 2.01. The van der Waals surface area contributed by atoms with E-state index in [-0.39, 0.29) is 5.82 Å². The van der Waals surface area contributed by atoms with E-state index in [9.17, 15) is 4.39 Å². The normalized spacial score (nSPS) is 11.1. The number of benzene rings is 2. The van der Waals surface area contributed by atoms with Crippen molar-refractivity contribution < 1.29 is 4.39 Å². The first-order valence-electron chi connectivity index (χ1n) is 6.45. The van der Waals surface area contributed by atoms with Crippen LogP contribution in [0.15, 0.2) is 76.3 Å². The van der Waals surface area contributed by atoms with Crippen LogP contribution in [0.4, 0.5) is 10.1 Å². The average Bonchev–Trinajstić information content (AvgIpc) is 2.95. The Morgan fingerprint density at radius 3 is 2.57 bits per heavy atom. The smallest absolute Gasteiger partial charge is 0.123 e. The van der Waals surface area contributed by atoms with E-state index in [1.54, 1.807) is 18.3 Å². The van der Waals surface area contributed by atoms with Gasteiger partial charge in [-0.1, -0.05) is 22.0 Å². The second kappa shape index (κ2) is 6.06. The standard InChI is InChI=1S/C17H12BrFN2/c18-13-3-1-4-16(11-13)21-10-2-5-17(21)12-20-15-8-6-14(19)7-9-15/h1-12H. The van der Waals surface area contributed by atoms with E-state index in [4.69, 9.17) is 0 Å². The molecule has 0 amide bonds. The predicted molar refractivity (Wildman–Crippen MR) is 87.1 cm³/mol. The molecule has 0 fully saturated rings. The molecule has 2 aromatic carbocycles. The Balaban J connectivity index is 1.91. The topological polar surface area (TPSA) is 17.3 Å². The van der Waals surface area contributed by atoms with Gasteiger partial charge in [0.1, 0.15) is 5.82 Å². The molecule has 0 saturated carbocycles. The van der Waals surface area contributed by atoms with Crippen LogP contribution in [-0.2, 0) is 0 Å². The summed E-state index contributed by atoms with van der Waals surface area (Å²) in [4.78, 5) is 4.37. The molecule has 0 saturated heterocycles. The van der Waals surface area contributed by atoms with Crippen LogP contribution in [0.25, 0.3) is 5.69 Å². The molecule has 1 heterocycles. The first-order valence-corrected chi connectivity index (χ1v) is 7.24. The fourth-order valence-electron chi connectivity index (χ4n) is 2.03. The molecule has 0 unspecified atom stereocenters. The molecular formula is C17H12BrFN2. The van der Waals surface area contributed by atoms with E-state index in [1.807, 2.05) is 47.2 Å². The molecule has 0 radical (unpaired) electrons. The van der Waals surface area contributed by atoms with Gasteiger partial charge in [0.25, 0.3) is 0 Å². The van der Waals surface area contributed by atoms with Gasteiger partial charge in [-0.15, -0.1) is 0 Å². The lowest BCUT2D eigenvalue weighted by Crippen LogP contribution is -1.97. The lowest BCUT2D eigenvalue weighted by atomic mass is 10.3. The maximum Gasteiger partial charge on any atom is 0.123 e. The number of hydrogen-bond donors (Lipinski definition) is 0. The molecule has 0 atom stereocenters. The molecule has 1 aromatic heterocycles. The van der Waals surface area contributed by atoms with E-state index in [2.05, 4.69) is 20.9 Å². The molecule has 0 aliphatic heterocycles. The number of halogens is 2. The van der Waals surface area contributed by atoms with Gasteiger partial charge in [0.15, 0.2) is 0 Å². The third-order valence-corrected chi connectivity index (χ3v) is 3.53. The Hall–Kier alpha value is -2.20. The molecule has 0 N–H and O–H groups in total. The highest BCUT2D eigenvalue weighted by molar-refractivity contribution is 9.10. The molecule has 0 aliphatic carbocycles. The molecule has 104 valence electrons. The third-order valence-electron chi connectivity index (χ3n) is 3.04. The van der Waals surface area contributed by atoms with E-state index in [0.717, 1.165) is 21.5 Å². The molecule has 0 aliphatic rings. The third kappa shape index (κ3) is 3.28. The molecule has 0 bridgehead atoms. The van der Waals surface area contributed by atoms with Crippen molar-refractivity contribution in [1.29, 1.82) is 0 Å². The van der Waals surface area contributed by atoms with Gasteiger partial charge in [0.2, 0.25) is 0 Å². The van der Waals surface area contributed by atoms with E-state index in [1.165, 1.54) is 12.1 Å². The maximum absolute atomic E-state index is 12.9. The molecule has 4 heteroatoms. The van der Waals surface area contributed by atoms with Crippen molar-refractivity contribution in [3.05, 3.63) is 82.8 Å². The lowest BCUT2D eigenvalue weighted by Gasteiger charge is -2.06. The van der Waals surface area contributed by atoms with Gasteiger partial charge in [-0.25, -0.2) is 4.39 Å². The molecule has 2 nitrogen and oxygen atoms in total. The van der Waals surface area contributed by atoms with Crippen molar-refractivity contribution in [3.63, 3.8) is 0 Å². The molecular weight excluding hydrogens is 331 g/mol. The number of rotatable bonds is 3. The summed E-state index contributed by atoms with van der Waals surface area (Å²) in [5, 5.41) is 0. The van der Waals surface area contributed by atoms with E-state index in [0.29, 0.717) is 0 Å². The molecule has 3 rings (SSSR count). The fourth-order valence-corrected chi connectivity index (χ4v) is 2.42. The predicted octanol–water partition coefficient (Wildman–Crippen LogP) is 5.13. The van der Waals surface area contributed by atoms with Gasteiger partial charge in [-0.05, 0) is 54.6 Å². The van der Waals surface area contributed by atoms with Gasteiger partial charge in [0, 0.05) is 16.4 Å². The summed E-state index contributed by atoms with van der Waals surface area (Å²) < 4.78 is 15.9. The first kappa shape index (κ1) is 13.8. The SMILES string of the molecule is Fc1ccc(N=Cc2cccn2-c2cccc(Br)c2)cc1. The summed E-state index contributed by atoms with van der Waals surface area (Å²) in [6.07, 6.45) is 3.75. The van der Waals surface area contributed by atoms with Gasteiger partial charge < -0.3 is 4.57 Å². The number of hydrogen-bond acceptors (Lipinski definition) is 1. The summed E-state index contributed by atoms with van der Waals surface area (Å²) in [7, 11) is 0. The van der Waals surface area contributed by atoms with Gasteiger partial charge in [0.05, 0.1) is 17.6 Å². The number of aliphatic imine (C=N–C) groups is 1. The lowest BCUT2D eigenvalue weighted by molar-refractivity contribution is 0.628. The summed E-state index contributed by atoms with van der Waals surface area (Å²) in [6, 6.07) is 18.1. The van der Waals surface area contributed by atoms with Crippen LogP contribution < -0.4 is 0 Å². The van der Waals surface area contributed by atoms with Crippen LogP contribution in [-0.4, -0.2) is 10.8 Å². The van der Waals surface area contributed by atoms with Crippen molar-refractivity contribution in [1.82, 2.24) is 4.57 Å². The maximum atomic E-state index is 12.9. The zero-order chi connectivity index (χ0) is 14.7. The summed E-state index contributed by atoms with van der Waals surface area (Å²) in [5.74, 6) is -0.258. The quantitative estimate of drug-likeness (QED) is 0.587. The van der Waals surface area contributed by atoms with Crippen molar-refractivity contribution >= 4 is 27.8 Å². The van der Waals surface area contributed by atoms with Crippen LogP contribution >= 0.6 is 15.9 Å². The summed E-state index contributed by atoms with van der Waals surface area (Å²) in [5.41, 5.74) is 2.73. The van der Waals surface area contributed by atoms with Crippen molar-refractivity contribution in [2.45, 2.75) is 0 Å². The monoisotopic (exact) mass is 342 g/mol. The Labute approximate surface area is 130 Å². The zero-order valence-corrected chi connectivity index (χ0v) is 12.7. The van der Waals surface area contributed by atoms with Crippen LogP contribution in [0.1, 0.15) is 5.69 Å². The largest absolute Gasteiger partial charge is 0.316 e. The van der Waals surface area contributed by atoms with Crippen LogP contribution in [0.2, 0.25) is 0 Å². The first-order chi connectivity index (χ1) is 10.2. The Bertz CT molecular complexity index is 775. The molecule has 21 heavy (non-hydrogen) atoms. The Morgan fingerprint density at radius 2 is 1.81 bits per heavy atom. The zero-order valence-electron chi connectivity index (χ0n) is 11.1. The minimum atomic E-state index is -0.258. The fraction of sp³-hybridized carbons (Fsp3) is 0. The summed E-state index contributed by atoms with van der Waals surface area (Å²) in [6.45, 7) is 0. The van der Waals surface area contributed by atoms with Crippen LogP contribution in [0, 0.1) is 5.82 Å². The van der Waals surface area contributed by atoms with Crippen molar-refractivity contribution in [2.75, 3.05) is 0 Å². The average molecular weight is 343 g/mol. The molecule has 3 aromatic rings. The van der Waals surface area contributed by atoms with Gasteiger partial charge in [-0.3, -0.25) is 4.99 Å². The second-order valence-electron chi connectivity index (χ2n) is 4.52. The minimum Gasteiger partial charge on any atom is -0.316 e. The van der Waals surface area contributed by atoms with Gasteiger partial charge >= 0.3 is 0 Å². The minimum absolute atomic E-state index is 0.258. The van der Waals surface area contributed by atoms with E-state index < -0.39 is 0 Å². The molecule has 0 spiro atoms. The summed E-state index contributed by atoms with van der Waals surface area (Å²) >= 11 is 3.47. The Kier molecular flexibility index (Phi) is 3.97. The van der Waals surface area contributed by atoms with Crippen molar-refractivity contribution in [2.24, 2.45) is 4.99 Å². The highest BCUT2D eigenvalue weighted by Crippen LogP contribution is 2.18. The number of aromatic nitrogens is 1.